The van der Waals surface area contributed by atoms with E-state index in [0.717, 1.165) is 49.2 Å². The highest BCUT2D eigenvalue weighted by Gasteiger charge is 2.27. The molecule has 0 saturated carbocycles. The van der Waals surface area contributed by atoms with Crippen LogP contribution in [0.25, 0.3) is 5.57 Å². The summed E-state index contributed by atoms with van der Waals surface area (Å²) in [5, 5.41) is 9.17. The number of allylic oxidation sites excluding steroid dienone is 1. The fraction of sp³-hybridized carbons (Fsp3) is 0.333. The first kappa shape index (κ1) is 20.6. The third-order valence-corrected chi connectivity index (χ3v) is 5.42. The molecule has 1 atom stereocenters. The highest BCUT2D eigenvalue weighted by Crippen LogP contribution is 2.38. The van der Waals surface area contributed by atoms with E-state index in [1.807, 2.05) is 25.1 Å². The van der Waals surface area contributed by atoms with Gasteiger partial charge in [0.15, 0.2) is 0 Å². The van der Waals surface area contributed by atoms with E-state index in [0.29, 0.717) is 5.56 Å². The van der Waals surface area contributed by atoms with Crippen LogP contribution in [0.1, 0.15) is 60.0 Å². The number of nitrogens with zero attached hydrogens (tertiary/aromatic N) is 1. The zero-order valence-corrected chi connectivity index (χ0v) is 16.8. The number of hydrogen-bond donors (Lipinski definition) is 2. The number of aromatic carboxylic acids is 1. The number of anilines is 1. The number of amides is 1. The number of rotatable bonds is 7. The summed E-state index contributed by atoms with van der Waals surface area (Å²) in [5.74, 6) is -2.07. The van der Waals surface area contributed by atoms with Crippen molar-refractivity contribution in [2.24, 2.45) is 5.73 Å². The van der Waals surface area contributed by atoms with Crippen LogP contribution in [-0.2, 0) is 4.79 Å². The molecule has 0 aliphatic carbocycles. The van der Waals surface area contributed by atoms with Gasteiger partial charge in [0.2, 0.25) is 5.91 Å². The van der Waals surface area contributed by atoms with Gasteiger partial charge in [0.05, 0.1) is 11.5 Å². The predicted octanol–water partition coefficient (Wildman–Crippen LogP) is 4.44. The van der Waals surface area contributed by atoms with E-state index in [1.165, 1.54) is 18.6 Å². The molecule has 1 saturated heterocycles. The zero-order chi connectivity index (χ0) is 20.8. The van der Waals surface area contributed by atoms with E-state index >= 15 is 0 Å². The van der Waals surface area contributed by atoms with E-state index in [9.17, 15) is 9.59 Å². The molecule has 1 fully saturated rings. The van der Waals surface area contributed by atoms with Crippen molar-refractivity contribution in [3.63, 3.8) is 0 Å². The van der Waals surface area contributed by atoms with Crippen LogP contribution in [0.3, 0.4) is 0 Å². The molecule has 1 heterocycles. The number of piperidine rings is 1. The molecule has 1 unspecified atom stereocenters. The second kappa shape index (κ2) is 9.41. The van der Waals surface area contributed by atoms with E-state index < -0.39 is 17.8 Å². The van der Waals surface area contributed by atoms with Gasteiger partial charge in [0, 0.05) is 24.3 Å². The van der Waals surface area contributed by atoms with Crippen LogP contribution in [0.15, 0.2) is 54.6 Å². The van der Waals surface area contributed by atoms with Crippen LogP contribution < -0.4 is 10.6 Å². The molecule has 3 N–H and O–H groups in total. The summed E-state index contributed by atoms with van der Waals surface area (Å²) in [4.78, 5) is 26.1. The molecule has 1 aliphatic heterocycles. The van der Waals surface area contributed by atoms with Gasteiger partial charge in [-0.15, -0.1) is 0 Å². The van der Waals surface area contributed by atoms with Crippen molar-refractivity contribution < 1.29 is 14.7 Å². The summed E-state index contributed by atoms with van der Waals surface area (Å²) in [7, 11) is 0. The Bertz CT molecular complexity index is 897. The number of nitrogens with two attached hydrogens (primary N) is 1. The standard InChI is InChI=1S/C24H28N2O3/c1-2-8-20(19-9-4-5-10-21(19)26-15-6-3-7-16-26)22(23(25)27)17-11-13-18(14-12-17)24(28)29/h4-5,8-14,22H,2-3,6-7,15-16H2,1H3,(H2,25,27)(H,28,29). The minimum Gasteiger partial charge on any atom is -0.478 e. The fourth-order valence-electron chi connectivity index (χ4n) is 4.05. The highest BCUT2D eigenvalue weighted by molar-refractivity contribution is 5.98. The summed E-state index contributed by atoms with van der Waals surface area (Å²) < 4.78 is 0. The van der Waals surface area contributed by atoms with Gasteiger partial charge < -0.3 is 15.7 Å². The molecule has 2 aromatic carbocycles. The van der Waals surface area contributed by atoms with Crippen molar-refractivity contribution in [2.75, 3.05) is 18.0 Å². The first-order chi connectivity index (χ1) is 14.0. The van der Waals surface area contributed by atoms with Gasteiger partial charge in [-0.2, -0.15) is 0 Å². The third-order valence-electron chi connectivity index (χ3n) is 5.42. The lowest BCUT2D eigenvalue weighted by atomic mass is 9.84. The number of carbonyl (C=O) groups is 2. The Morgan fingerprint density at radius 3 is 2.31 bits per heavy atom. The van der Waals surface area contributed by atoms with Crippen LogP contribution >= 0.6 is 0 Å². The average molecular weight is 392 g/mol. The van der Waals surface area contributed by atoms with Crippen molar-refractivity contribution in [1.29, 1.82) is 0 Å². The van der Waals surface area contributed by atoms with Gasteiger partial charge in [-0.3, -0.25) is 4.79 Å². The summed E-state index contributed by atoms with van der Waals surface area (Å²) in [5.41, 5.74) is 9.77. The minimum absolute atomic E-state index is 0.187. The number of primary amides is 1. The summed E-state index contributed by atoms with van der Waals surface area (Å²) >= 11 is 0. The van der Waals surface area contributed by atoms with Crippen molar-refractivity contribution in [3.05, 3.63) is 71.3 Å². The Morgan fingerprint density at radius 1 is 1.07 bits per heavy atom. The molecule has 29 heavy (non-hydrogen) atoms. The summed E-state index contributed by atoms with van der Waals surface area (Å²) in [6.45, 7) is 4.05. The number of para-hydroxylation sites is 1. The smallest absolute Gasteiger partial charge is 0.335 e. The molecule has 1 amide bonds. The molecule has 1 aliphatic rings. The highest BCUT2D eigenvalue weighted by atomic mass is 16.4. The quantitative estimate of drug-likeness (QED) is 0.730. The first-order valence-corrected chi connectivity index (χ1v) is 10.2. The second-order valence-electron chi connectivity index (χ2n) is 7.40. The summed E-state index contributed by atoms with van der Waals surface area (Å²) in [6, 6.07) is 14.6. The van der Waals surface area contributed by atoms with Crippen molar-refractivity contribution in [2.45, 2.75) is 38.5 Å². The number of carboxylic acid groups (broad SMARTS) is 1. The van der Waals surface area contributed by atoms with E-state index in [-0.39, 0.29) is 5.56 Å². The number of carboxylic acids is 1. The third kappa shape index (κ3) is 4.67. The molecule has 0 bridgehead atoms. The van der Waals surface area contributed by atoms with Gasteiger partial charge in [-0.1, -0.05) is 43.3 Å². The summed E-state index contributed by atoms with van der Waals surface area (Å²) in [6.07, 6.45) is 6.40. The van der Waals surface area contributed by atoms with Gasteiger partial charge in [-0.05, 0) is 55.0 Å². The first-order valence-electron chi connectivity index (χ1n) is 10.2. The topological polar surface area (TPSA) is 83.6 Å². The lowest BCUT2D eigenvalue weighted by molar-refractivity contribution is -0.118. The maximum atomic E-state index is 12.5. The molecule has 3 rings (SSSR count). The van der Waals surface area contributed by atoms with E-state index in [2.05, 4.69) is 17.0 Å². The molecular formula is C24H28N2O3. The van der Waals surface area contributed by atoms with Gasteiger partial charge in [0.1, 0.15) is 0 Å². The molecule has 0 radical (unpaired) electrons. The maximum Gasteiger partial charge on any atom is 0.335 e. The monoisotopic (exact) mass is 392 g/mol. The molecule has 0 spiro atoms. The predicted molar refractivity (Wildman–Crippen MR) is 116 cm³/mol. The molecule has 0 aromatic heterocycles. The Kier molecular flexibility index (Phi) is 6.70. The molecule has 2 aromatic rings. The van der Waals surface area contributed by atoms with Crippen LogP contribution in [0.4, 0.5) is 5.69 Å². The Hall–Kier alpha value is -3.08. The Labute approximate surface area is 171 Å². The normalized spacial score (nSPS) is 15.8. The second-order valence-corrected chi connectivity index (χ2v) is 7.40. The molecule has 5 heteroatoms. The van der Waals surface area contributed by atoms with E-state index in [4.69, 9.17) is 10.8 Å². The van der Waals surface area contributed by atoms with Crippen LogP contribution in [0, 0.1) is 0 Å². The fourth-order valence-corrected chi connectivity index (χ4v) is 4.05. The lowest BCUT2D eigenvalue weighted by Crippen LogP contribution is -2.31. The maximum absolute atomic E-state index is 12.5. The lowest BCUT2D eigenvalue weighted by Gasteiger charge is -2.32. The van der Waals surface area contributed by atoms with Gasteiger partial charge in [0.25, 0.3) is 0 Å². The average Bonchev–Trinajstić information content (AvgIpc) is 2.74. The minimum atomic E-state index is -0.994. The molecular weight excluding hydrogens is 364 g/mol. The largest absolute Gasteiger partial charge is 0.478 e. The molecule has 152 valence electrons. The van der Waals surface area contributed by atoms with Crippen LogP contribution in [0.2, 0.25) is 0 Å². The van der Waals surface area contributed by atoms with E-state index in [1.54, 1.807) is 12.1 Å². The SMILES string of the molecule is CCC=C(c1ccccc1N1CCCCC1)C(C(N)=O)c1ccc(C(=O)O)cc1. The Morgan fingerprint density at radius 2 is 1.72 bits per heavy atom. The zero-order valence-electron chi connectivity index (χ0n) is 16.8. The van der Waals surface area contributed by atoms with Crippen molar-refractivity contribution >= 4 is 23.1 Å². The van der Waals surface area contributed by atoms with Crippen molar-refractivity contribution in [1.82, 2.24) is 0 Å². The van der Waals surface area contributed by atoms with Crippen LogP contribution in [0.5, 0.6) is 0 Å². The Balaban J connectivity index is 2.07. The number of benzene rings is 2. The van der Waals surface area contributed by atoms with Crippen LogP contribution in [-0.4, -0.2) is 30.1 Å². The number of hydrogen-bond acceptors (Lipinski definition) is 3. The number of carbonyl (C=O) groups excluding carboxylic acids is 1. The molecule has 5 nitrogen and oxygen atoms in total. The van der Waals surface area contributed by atoms with Gasteiger partial charge >= 0.3 is 5.97 Å². The van der Waals surface area contributed by atoms with Gasteiger partial charge in [-0.25, -0.2) is 4.79 Å². The van der Waals surface area contributed by atoms with Crippen molar-refractivity contribution in [3.8, 4) is 0 Å².